The summed E-state index contributed by atoms with van der Waals surface area (Å²) in [6.45, 7) is 29.4. The normalized spacial score (nSPS) is 10.5. The van der Waals surface area contributed by atoms with Gasteiger partial charge in [-0.25, -0.2) is 55.3 Å². The Hall–Kier alpha value is -9.82. The van der Waals surface area contributed by atoms with E-state index < -0.39 is 25.9 Å². The number of nitriles is 1. The van der Waals surface area contributed by atoms with E-state index in [1.165, 1.54) is 75.6 Å². The molecular weight excluding hydrogens is 2380 g/mol. The monoisotopic (exact) mass is 2530 g/mol. The van der Waals surface area contributed by atoms with Gasteiger partial charge in [0.2, 0.25) is 11.9 Å². The van der Waals surface area contributed by atoms with E-state index in [0.717, 1.165) is 151 Å². The lowest BCUT2D eigenvalue weighted by atomic mass is 9.67. The average Bonchev–Trinajstić information content (AvgIpc) is 1.84. The highest BCUT2D eigenvalue weighted by atomic mass is 127. The number of rotatable bonds is 42. The molecule has 0 unspecified atom stereocenters. The Labute approximate surface area is 944 Å². The number of anilines is 2. The highest BCUT2D eigenvalue weighted by Gasteiger charge is 2.20. The number of hydrogen-bond acceptors (Lipinski definition) is 29. The average molecular weight is 2530 g/mol. The molecule has 11 rings (SSSR count). The lowest BCUT2D eigenvalue weighted by Gasteiger charge is -2.25. The van der Waals surface area contributed by atoms with E-state index in [2.05, 4.69) is 173 Å². The van der Waals surface area contributed by atoms with Crippen molar-refractivity contribution in [1.29, 1.82) is 5.26 Å². The zero-order valence-electron chi connectivity index (χ0n) is 87.3. The molecule has 5 heterocycles. The van der Waals surface area contributed by atoms with Gasteiger partial charge in [0.05, 0.1) is 123 Å². The number of quaternary nitrogens is 2. The quantitative estimate of drug-likeness (QED) is 0.00192. The van der Waals surface area contributed by atoms with Gasteiger partial charge < -0.3 is 184 Å². The number of H-pyrrole nitrogens is 1. The lowest BCUT2D eigenvalue weighted by molar-refractivity contribution is -0.657. The summed E-state index contributed by atoms with van der Waals surface area (Å²) in [5.74, 6) is 2.39. The first-order valence-corrected chi connectivity index (χ1v) is 49.0. The van der Waals surface area contributed by atoms with Crippen LogP contribution in [0.1, 0.15) is 92.1 Å². The van der Waals surface area contributed by atoms with Gasteiger partial charge in [-0.1, -0.05) is 114 Å². The van der Waals surface area contributed by atoms with Gasteiger partial charge in [0.25, 0.3) is 14.3 Å². The van der Waals surface area contributed by atoms with Crippen LogP contribution in [0.4, 0.5) is 87.5 Å². The third kappa shape index (κ3) is 67.1. The number of nitrogens with zero attached hydrogens (tertiary/aromatic N) is 24. The number of carbonyl (C=O) groups excluding carboxylic acids is 2. The number of aromatic nitrogens is 10. The number of aryl methyl sites for hydroxylation is 7. The first-order valence-electron chi connectivity index (χ1n) is 46.8. The molecule has 0 amide bonds. The van der Waals surface area contributed by atoms with E-state index in [1.54, 1.807) is 124 Å². The number of nitrogens with one attached hydrogen (secondary N) is 4. The molecule has 1 radical (unpaired) electrons. The van der Waals surface area contributed by atoms with Gasteiger partial charge in [0, 0.05) is 83.8 Å². The number of carbonyl (C=O) groups is 2. The molecule has 0 saturated carbocycles. The van der Waals surface area contributed by atoms with Crippen LogP contribution in [0.5, 0.6) is 0 Å². The Morgan fingerprint density at radius 2 is 0.939 bits per heavy atom. The Kier molecular flexibility index (Phi) is 85.8. The van der Waals surface area contributed by atoms with Crippen LogP contribution in [-0.4, -0.2) is 202 Å². The van der Waals surface area contributed by atoms with Crippen molar-refractivity contribution < 1.29 is 169 Å². The molecule has 805 valence electrons. The number of halogens is 9. The lowest BCUT2D eigenvalue weighted by Crippen LogP contribution is -3.00. The zero-order chi connectivity index (χ0) is 105. The summed E-state index contributed by atoms with van der Waals surface area (Å²) in [5, 5.41) is 89.9. The minimum atomic E-state index is -0.939. The fourth-order valence-corrected chi connectivity index (χ4v) is 11.7. The van der Waals surface area contributed by atoms with E-state index in [0.29, 0.717) is 41.1 Å². The predicted molar refractivity (Wildman–Crippen MR) is 567 cm³/mol. The van der Waals surface area contributed by atoms with Crippen molar-refractivity contribution in [3.05, 3.63) is 237 Å². The number of hydrogen-bond donors (Lipinski definition) is 11. The highest BCUT2D eigenvalue weighted by Crippen LogP contribution is 2.25. The van der Waals surface area contributed by atoms with Crippen LogP contribution < -0.4 is 159 Å². The van der Waals surface area contributed by atoms with Crippen LogP contribution in [0, 0.1) is 28.8 Å². The maximum absolute atomic E-state index is 12.6. The van der Waals surface area contributed by atoms with E-state index in [1.807, 2.05) is 174 Å². The van der Waals surface area contributed by atoms with E-state index >= 15 is 0 Å². The van der Waals surface area contributed by atoms with Crippen LogP contribution in [0.3, 0.4) is 0 Å². The molecule has 0 fully saturated rings. The van der Waals surface area contributed by atoms with E-state index in [9.17, 15) is 32.8 Å². The summed E-state index contributed by atoms with van der Waals surface area (Å²) >= 11 is 2.15. The maximum Gasteiger partial charge on any atom is 0.535 e. The predicted octanol–water partition coefficient (Wildman–Crippen LogP) is -0.712. The molecular formula is C95H148B4Cl2F3I4N32O7. The number of aromatic amines is 1. The fourth-order valence-electron chi connectivity index (χ4n) is 11.7. The second kappa shape index (κ2) is 88.0. The van der Waals surface area contributed by atoms with Crippen molar-refractivity contribution in [3.8, 4) is 6.07 Å². The Morgan fingerprint density at radius 1 is 0.544 bits per heavy atom. The van der Waals surface area contributed by atoms with E-state index in [4.69, 9.17) is 26.5 Å². The minimum absolute atomic E-state index is 0. The van der Waals surface area contributed by atoms with Gasteiger partial charge in [0.1, 0.15) is 46.2 Å². The van der Waals surface area contributed by atoms with Crippen molar-refractivity contribution in [3.63, 3.8) is 0 Å². The number of oxime groups is 1. The molecule has 0 aliphatic carbocycles. The fraction of sp³-hybridized carbons (Fsp3) is 0.421. The minimum Gasteiger partial charge on any atom is -1.00 e. The molecule has 147 heavy (non-hydrogen) atoms. The van der Waals surface area contributed by atoms with Crippen molar-refractivity contribution in [2.75, 3.05) is 106 Å². The standard InChI is InChI=1S/C18H31B2N6O2.C15H24N7.C13H14N2O3.C11H12FN4.C10H9FN4.C9H7FN4.C7H17B2N2O2.C6H15N.C5H14N2.CH3I.2ClH.3HI/c1-19(27)10-5-12-26(13-11-21-20(2)28)17-8-6-16(7-9-17)22-23-18-24(3)14-15-25(18)4;1-20-11-12-21(2)15(20)19-18-13-3-5-14(6-4-13)22(9-7-16)10-8-17;1-13(2,3)17-12(16)18-15-11(9-14)10-7-5-4-6-8-10;1-15-7-8-16(2)11(15)14-13-10-5-3-9(12)4-6-10;1-15-7-6-12-10(15)14-13-9-4-2-8(11)3-5-9;10-7-1-3-8(4-2-7)13-14-9-11-5-6-12-9;1-9(13)11-6-4-2-3-5-10-8-7-12;1-4-7(5-2)6-3;6-4-2-1-3-5-7;1-2;;;;;/h6-9,14-15,21,27-28H,5,10-13H2,1-4H3;3-6,11-12H,7-10,16-17H2,1-2H3;4-8H,1-3H3;3-8H,1-2H3;2-7H,1H3;1-6H,(H,11,12);7,10-11,13H,2-6H2,1H3;4-6H2,1-3H3;1-7H2;1H3;5*1H/q2*+1;;+1;;;;;;;;;;;/p-3/b;;15-11-;;;;;;;;;;;;. The largest absolute Gasteiger partial charge is 1.00 e. The number of unbranched alkanes of at least 4 members (excludes halogenated alkanes) is 4. The molecule has 0 bridgehead atoms. The Balaban J connectivity index is -0.000000796. The van der Waals surface area contributed by atoms with Crippen molar-refractivity contribution in [2.24, 2.45) is 117 Å². The highest BCUT2D eigenvalue weighted by molar-refractivity contribution is 14.1. The SMILES string of the molecule is CB(O)CCCN(CCNB(C)O)c1ccc(N=Nc2n(C)cc[n+]2C)cc1.CB(O)NCCCCCN[B]C=O.CC(C)(C)OC(=O)O/N=C(/C#N)c1ccccc1.CCN(CC)CC.CI.Cn1cc[n+](C)c1N=Nc1ccc(F)cc1.Cn1cc[n+](C)c1N=Nc1ccc(N(CC[NH3+])CC[NH3+])cc1.Cn1ccnc1N=Nc1ccc(F)cc1.Fc1ccc(N=Nc2ncc[nH]2)cc1.NCCCCCN.[Cl-].[Cl-].[I-].[I-].[I-]. The first-order chi connectivity index (χ1) is 68.2. The number of benzene rings is 6. The number of ether oxygens (including phenoxy) is 1. The number of imidazole rings is 5. The summed E-state index contributed by atoms with van der Waals surface area (Å²) in [7, 11) is 13.8. The van der Waals surface area contributed by atoms with Crippen molar-refractivity contribution in [1.82, 2.24) is 53.8 Å². The molecule has 0 aliphatic rings. The topological polar surface area (TPSA) is 499 Å². The summed E-state index contributed by atoms with van der Waals surface area (Å²) < 4.78 is 55.8. The van der Waals surface area contributed by atoms with E-state index in [-0.39, 0.29) is 127 Å². The molecule has 52 heteroatoms. The number of nitrogens with two attached hydrogens (primary N) is 2. The number of azo groups is 5. The molecule has 0 atom stereocenters. The third-order valence-electron chi connectivity index (χ3n) is 19.3. The summed E-state index contributed by atoms with van der Waals surface area (Å²) in [6, 6.07) is 44.1. The van der Waals surface area contributed by atoms with Crippen LogP contribution in [0.25, 0.3) is 0 Å². The zero-order valence-corrected chi connectivity index (χ0v) is 97.5. The Morgan fingerprint density at radius 3 is 1.28 bits per heavy atom. The molecule has 0 spiro atoms. The summed E-state index contributed by atoms with van der Waals surface area (Å²) in [4.78, 5) is 45.1. The van der Waals surface area contributed by atoms with Gasteiger partial charge in [0.15, 0.2) is 5.71 Å². The second-order valence-electron chi connectivity index (χ2n) is 32.2. The van der Waals surface area contributed by atoms with Crippen LogP contribution in [0.15, 0.2) is 270 Å². The molecule has 11 aromatic rings. The second-order valence-corrected chi connectivity index (χ2v) is 32.2. The molecule has 17 N–H and O–H groups in total. The summed E-state index contributed by atoms with van der Waals surface area (Å²) in [6.07, 6.45) is 26.3. The van der Waals surface area contributed by atoms with Crippen molar-refractivity contribution >= 4 is 139 Å². The molecule has 0 aliphatic heterocycles. The first kappa shape index (κ1) is 143. The summed E-state index contributed by atoms with van der Waals surface area (Å²) in [5.41, 5.74) is 23.9. The smallest absolute Gasteiger partial charge is 0.535 e. The van der Waals surface area contributed by atoms with Gasteiger partial charge in [-0.3, -0.25) is 4.84 Å². The van der Waals surface area contributed by atoms with Gasteiger partial charge >= 0.3 is 38.1 Å². The third-order valence-corrected chi connectivity index (χ3v) is 19.3. The van der Waals surface area contributed by atoms with Crippen LogP contribution in [0.2, 0.25) is 26.8 Å². The molecule has 5 aromatic heterocycles. The van der Waals surface area contributed by atoms with Crippen molar-refractivity contribution in [2.45, 2.75) is 119 Å². The van der Waals surface area contributed by atoms with Gasteiger partial charge in [-0.15, -0.1) is 20.5 Å². The van der Waals surface area contributed by atoms with Gasteiger partial charge in [-0.05, 0) is 245 Å². The molecule has 6 aromatic carbocycles. The maximum atomic E-state index is 12.6. The van der Waals surface area contributed by atoms with Crippen LogP contribution >= 0.6 is 22.6 Å². The molecule has 39 nitrogen and oxygen atoms in total. The van der Waals surface area contributed by atoms with Gasteiger partial charge in [-0.2, -0.15) is 5.26 Å². The number of alkyl halides is 1. The van der Waals surface area contributed by atoms with Crippen LogP contribution in [-0.2, 0) is 63.7 Å². The Bertz CT molecular complexity index is 5300. The molecule has 0 saturated heterocycles.